The van der Waals surface area contributed by atoms with Crippen molar-refractivity contribution in [2.45, 2.75) is 155 Å². The van der Waals surface area contributed by atoms with Gasteiger partial charge >= 0.3 is 19.8 Å². The molecule has 0 aromatic carbocycles. The molecule has 0 rings (SSSR count). The third kappa shape index (κ3) is 38.9. The second-order valence-electron chi connectivity index (χ2n) is 13.1. The maximum absolute atomic E-state index is 12.5. The zero-order valence-corrected chi connectivity index (χ0v) is 34.6. The quantitative estimate of drug-likeness (QED) is 0.0274. The van der Waals surface area contributed by atoms with Crippen molar-refractivity contribution in [2.75, 3.05) is 26.4 Å². The highest BCUT2D eigenvalue weighted by Gasteiger charge is 2.25. The molecule has 2 atom stereocenters. The van der Waals surface area contributed by atoms with Crippen molar-refractivity contribution in [1.29, 1.82) is 0 Å². The standard InChI is InChI=1S/C44H74NO8P/c1-3-5-7-9-11-13-15-17-19-20-21-22-23-25-27-29-31-33-35-37-44(47)53-42(41-52-54(48,49)51-39-38-45)40-50-43(46)36-34-32-30-28-26-24-18-16-14-12-10-8-6-4-2/h5,7,11,13,16-19,21-22,25,27,31,33,42H,3-4,6,8-10,12,14-15,20,23-24,26,28-30,32,34-41,45H2,1-2H3,(H,48,49). The third-order valence-electron chi connectivity index (χ3n) is 8.03. The van der Waals surface area contributed by atoms with Gasteiger partial charge in [0, 0.05) is 19.4 Å². The number of carbonyl (C=O) groups is 2. The first-order valence-electron chi connectivity index (χ1n) is 20.6. The Morgan fingerprint density at radius 1 is 0.574 bits per heavy atom. The first kappa shape index (κ1) is 51.2. The number of ether oxygens (including phenoxy) is 2. The Hall–Kier alpha value is -2.81. The van der Waals surface area contributed by atoms with Crippen molar-refractivity contribution < 1.29 is 37.6 Å². The fourth-order valence-corrected chi connectivity index (χ4v) is 5.77. The predicted molar refractivity (Wildman–Crippen MR) is 224 cm³/mol. The molecule has 0 bridgehead atoms. The van der Waals surface area contributed by atoms with Crippen LogP contribution in [0, 0.1) is 0 Å². The fourth-order valence-electron chi connectivity index (χ4n) is 5.01. The molecular formula is C44H74NO8P. The maximum Gasteiger partial charge on any atom is 0.472 e. The molecule has 0 amide bonds. The molecule has 9 nitrogen and oxygen atoms in total. The number of carbonyl (C=O) groups excluding carboxylic acids is 2. The number of hydrogen-bond acceptors (Lipinski definition) is 8. The van der Waals surface area contributed by atoms with Crippen molar-refractivity contribution in [2.24, 2.45) is 5.73 Å². The number of hydrogen-bond donors (Lipinski definition) is 2. The van der Waals surface area contributed by atoms with Crippen LogP contribution in [0.25, 0.3) is 0 Å². The molecule has 0 radical (unpaired) electrons. The van der Waals surface area contributed by atoms with E-state index < -0.39 is 32.5 Å². The first-order valence-corrected chi connectivity index (χ1v) is 22.1. The van der Waals surface area contributed by atoms with Gasteiger partial charge in [-0.1, -0.05) is 144 Å². The lowest BCUT2D eigenvalue weighted by Crippen LogP contribution is -2.29. The minimum Gasteiger partial charge on any atom is -0.462 e. The van der Waals surface area contributed by atoms with E-state index in [2.05, 4.69) is 86.8 Å². The van der Waals surface area contributed by atoms with Gasteiger partial charge in [0.25, 0.3) is 0 Å². The summed E-state index contributed by atoms with van der Waals surface area (Å²) < 4.78 is 32.6. The minimum atomic E-state index is -4.40. The molecule has 0 saturated carbocycles. The van der Waals surface area contributed by atoms with Crippen LogP contribution in [-0.4, -0.2) is 49.3 Å². The fraction of sp³-hybridized carbons (Fsp3) is 0.636. The van der Waals surface area contributed by atoms with E-state index in [0.717, 1.165) is 70.6 Å². The van der Waals surface area contributed by atoms with Crippen LogP contribution in [0.15, 0.2) is 85.1 Å². The Kier molecular flexibility index (Phi) is 37.8. The van der Waals surface area contributed by atoms with Gasteiger partial charge in [0.2, 0.25) is 0 Å². The highest BCUT2D eigenvalue weighted by atomic mass is 31.2. The van der Waals surface area contributed by atoms with Gasteiger partial charge in [0.15, 0.2) is 6.10 Å². The summed E-state index contributed by atoms with van der Waals surface area (Å²) in [5, 5.41) is 0. The molecule has 54 heavy (non-hydrogen) atoms. The van der Waals surface area contributed by atoms with Crippen LogP contribution < -0.4 is 5.73 Å². The highest BCUT2D eigenvalue weighted by Crippen LogP contribution is 2.43. The van der Waals surface area contributed by atoms with Crippen LogP contribution in [0.3, 0.4) is 0 Å². The maximum atomic E-state index is 12.5. The number of allylic oxidation sites excluding steroid dienone is 14. The van der Waals surface area contributed by atoms with Gasteiger partial charge in [-0.3, -0.25) is 18.6 Å². The molecule has 2 unspecified atom stereocenters. The molecule has 308 valence electrons. The molecular weight excluding hydrogens is 701 g/mol. The number of phosphoric ester groups is 1. The van der Waals surface area contributed by atoms with E-state index in [0.29, 0.717) is 12.8 Å². The molecule has 0 heterocycles. The Bertz CT molecular complexity index is 1160. The van der Waals surface area contributed by atoms with Crippen molar-refractivity contribution in [3.8, 4) is 0 Å². The summed E-state index contributed by atoms with van der Waals surface area (Å²) in [5.74, 6) is -0.945. The number of phosphoric acid groups is 1. The normalized spacial score (nSPS) is 14.2. The van der Waals surface area contributed by atoms with E-state index in [9.17, 15) is 19.0 Å². The number of rotatable bonds is 37. The van der Waals surface area contributed by atoms with E-state index in [4.69, 9.17) is 24.3 Å². The lowest BCUT2D eigenvalue weighted by Gasteiger charge is -2.19. The van der Waals surface area contributed by atoms with E-state index in [-0.39, 0.29) is 32.6 Å². The number of unbranched alkanes of at least 4 members (excludes halogenated alkanes) is 10. The zero-order valence-electron chi connectivity index (χ0n) is 33.7. The molecule has 0 spiro atoms. The monoisotopic (exact) mass is 776 g/mol. The Morgan fingerprint density at radius 3 is 1.59 bits per heavy atom. The van der Waals surface area contributed by atoms with Crippen molar-refractivity contribution in [3.05, 3.63) is 85.1 Å². The molecule has 10 heteroatoms. The largest absolute Gasteiger partial charge is 0.472 e. The van der Waals surface area contributed by atoms with Gasteiger partial charge in [-0.15, -0.1) is 0 Å². The molecule has 0 aliphatic carbocycles. The molecule has 3 N–H and O–H groups in total. The summed E-state index contributed by atoms with van der Waals surface area (Å²) in [6, 6.07) is 0. The van der Waals surface area contributed by atoms with Gasteiger partial charge < -0.3 is 20.1 Å². The van der Waals surface area contributed by atoms with Crippen LogP contribution >= 0.6 is 7.82 Å². The van der Waals surface area contributed by atoms with Gasteiger partial charge in [-0.2, -0.15) is 0 Å². The molecule has 0 aromatic rings. The second kappa shape index (κ2) is 39.9. The van der Waals surface area contributed by atoms with Crippen molar-refractivity contribution in [1.82, 2.24) is 0 Å². The summed E-state index contributed by atoms with van der Waals surface area (Å²) in [6.45, 7) is 3.48. The second-order valence-corrected chi connectivity index (χ2v) is 14.6. The summed E-state index contributed by atoms with van der Waals surface area (Å²) >= 11 is 0. The number of esters is 2. The SMILES string of the molecule is CCC=CCC=CCC=CCC=CCC=CCC=CCCC(=O)OC(COC(=O)CCCCCCCC=CCCCCCCC)COP(=O)(O)OCCN. The van der Waals surface area contributed by atoms with Crippen LogP contribution in [0.4, 0.5) is 0 Å². The van der Waals surface area contributed by atoms with Gasteiger partial charge in [-0.25, -0.2) is 4.57 Å². The zero-order chi connectivity index (χ0) is 39.6. The number of nitrogens with two attached hydrogens (primary N) is 1. The molecule has 0 saturated heterocycles. The third-order valence-corrected chi connectivity index (χ3v) is 9.01. The molecule has 0 fully saturated rings. The van der Waals surface area contributed by atoms with Gasteiger partial charge in [0.1, 0.15) is 6.61 Å². The topological polar surface area (TPSA) is 134 Å². The first-order chi connectivity index (χ1) is 26.3. The van der Waals surface area contributed by atoms with Crippen LogP contribution in [0.5, 0.6) is 0 Å². The summed E-state index contributed by atoms with van der Waals surface area (Å²) in [4.78, 5) is 34.8. The highest BCUT2D eigenvalue weighted by molar-refractivity contribution is 7.47. The minimum absolute atomic E-state index is 0.0365. The molecule has 0 aliphatic rings. The molecule has 0 aromatic heterocycles. The van der Waals surface area contributed by atoms with Gasteiger partial charge in [-0.05, 0) is 77.0 Å². The summed E-state index contributed by atoms with van der Waals surface area (Å²) in [5.41, 5.74) is 5.33. The Morgan fingerprint density at radius 2 is 1.06 bits per heavy atom. The van der Waals surface area contributed by atoms with Crippen molar-refractivity contribution >= 4 is 19.8 Å². The predicted octanol–water partition coefficient (Wildman–Crippen LogP) is 11.7. The van der Waals surface area contributed by atoms with Crippen LogP contribution in [0.1, 0.15) is 149 Å². The average molecular weight is 776 g/mol. The van der Waals surface area contributed by atoms with E-state index >= 15 is 0 Å². The van der Waals surface area contributed by atoms with E-state index in [1.165, 1.54) is 38.5 Å². The lowest BCUT2D eigenvalue weighted by atomic mass is 10.1. The Labute approximate surface area is 328 Å². The average Bonchev–Trinajstić information content (AvgIpc) is 3.16. The smallest absolute Gasteiger partial charge is 0.462 e. The summed E-state index contributed by atoms with van der Waals surface area (Å²) in [6.07, 6.45) is 49.1. The van der Waals surface area contributed by atoms with E-state index in [1.54, 1.807) is 0 Å². The Balaban J connectivity index is 4.35. The summed E-state index contributed by atoms with van der Waals surface area (Å²) in [7, 11) is -4.40. The van der Waals surface area contributed by atoms with Crippen LogP contribution in [-0.2, 0) is 32.7 Å². The molecule has 0 aliphatic heterocycles. The van der Waals surface area contributed by atoms with Crippen molar-refractivity contribution in [3.63, 3.8) is 0 Å². The van der Waals surface area contributed by atoms with Gasteiger partial charge in [0.05, 0.1) is 13.2 Å². The van der Waals surface area contributed by atoms with Crippen LogP contribution in [0.2, 0.25) is 0 Å². The van der Waals surface area contributed by atoms with E-state index in [1.807, 2.05) is 12.2 Å². The lowest BCUT2D eigenvalue weighted by molar-refractivity contribution is -0.161.